The lowest BCUT2D eigenvalue weighted by atomic mass is 10.3. The highest BCUT2D eigenvalue weighted by molar-refractivity contribution is 6.32. The van der Waals surface area contributed by atoms with Gasteiger partial charge in [0.25, 0.3) is 0 Å². The first-order valence-corrected chi connectivity index (χ1v) is 5.08. The molecule has 0 amide bonds. The van der Waals surface area contributed by atoms with Crippen LogP contribution in [0.3, 0.4) is 0 Å². The third kappa shape index (κ3) is 3.57. The number of rotatable bonds is 3. The third-order valence-electron chi connectivity index (χ3n) is 1.83. The molecule has 0 radical (unpaired) electrons. The van der Waals surface area contributed by atoms with Gasteiger partial charge in [-0.1, -0.05) is 23.7 Å². The van der Waals surface area contributed by atoms with Gasteiger partial charge >= 0.3 is 5.97 Å². The lowest BCUT2D eigenvalue weighted by Gasteiger charge is -2.00. The van der Waals surface area contributed by atoms with Crippen molar-refractivity contribution >= 4 is 23.3 Å². The Bertz CT molecular complexity index is 479. The number of ether oxygens (including phenoxy) is 1. The number of azo groups is 1. The van der Waals surface area contributed by atoms with Gasteiger partial charge in [0, 0.05) is 0 Å². The zero-order valence-corrected chi connectivity index (χ0v) is 10.1. The van der Waals surface area contributed by atoms with Crippen LogP contribution in [0, 0.1) is 0 Å². The quantitative estimate of drug-likeness (QED) is 0.389. The molecule has 0 aliphatic heterocycles. The SMILES string of the molecule is COC(=O)/C(N=Nc1ccccc1Cl)=C(/C)O. The lowest BCUT2D eigenvalue weighted by molar-refractivity contribution is -0.136. The van der Waals surface area contributed by atoms with Crippen LogP contribution in [0.4, 0.5) is 5.69 Å². The topological polar surface area (TPSA) is 71.2 Å². The van der Waals surface area contributed by atoms with Crippen LogP contribution in [0.15, 0.2) is 46.0 Å². The van der Waals surface area contributed by atoms with Gasteiger partial charge in [-0.05, 0) is 19.1 Å². The van der Waals surface area contributed by atoms with Crippen molar-refractivity contribution in [2.75, 3.05) is 7.11 Å². The van der Waals surface area contributed by atoms with Crippen molar-refractivity contribution in [1.82, 2.24) is 0 Å². The van der Waals surface area contributed by atoms with Crippen molar-refractivity contribution in [3.8, 4) is 0 Å². The monoisotopic (exact) mass is 254 g/mol. The minimum absolute atomic E-state index is 0.257. The maximum Gasteiger partial charge on any atom is 0.362 e. The van der Waals surface area contributed by atoms with E-state index in [1.807, 2.05) is 0 Å². The smallest absolute Gasteiger partial charge is 0.362 e. The molecule has 0 unspecified atom stereocenters. The molecule has 0 saturated heterocycles. The molecule has 1 N–H and O–H groups in total. The predicted molar refractivity (Wildman–Crippen MR) is 63.3 cm³/mol. The molecule has 0 bridgehead atoms. The van der Waals surface area contributed by atoms with Crippen LogP contribution in [0.1, 0.15) is 6.92 Å². The number of halogens is 1. The minimum atomic E-state index is -0.763. The second kappa shape index (κ2) is 6.00. The zero-order chi connectivity index (χ0) is 12.8. The Morgan fingerprint density at radius 1 is 1.41 bits per heavy atom. The zero-order valence-electron chi connectivity index (χ0n) is 9.35. The molecule has 90 valence electrons. The van der Waals surface area contributed by atoms with E-state index in [4.69, 9.17) is 11.6 Å². The van der Waals surface area contributed by atoms with E-state index in [1.54, 1.807) is 24.3 Å². The number of methoxy groups -OCH3 is 1. The summed E-state index contributed by atoms with van der Waals surface area (Å²) in [5.41, 5.74) is 0.143. The van der Waals surface area contributed by atoms with Gasteiger partial charge in [-0.25, -0.2) is 4.79 Å². The Kier molecular flexibility index (Phi) is 4.66. The van der Waals surface area contributed by atoms with Gasteiger partial charge in [0.05, 0.1) is 12.1 Å². The summed E-state index contributed by atoms with van der Waals surface area (Å²) in [6.07, 6.45) is 0. The van der Waals surface area contributed by atoms with E-state index in [2.05, 4.69) is 15.0 Å². The second-order valence-corrected chi connectivity index (χ2v) is 3.48. The number of esters is 1. The summed E-state index contributed by atoms with van der Waals surface area (Å²) in [4.78, 5) is 11.2. The molecule has 0 atom stereocenters. The Labute approximate surface area is 103 Å². The summed E-state index contributed by atoms with van der Waals surface area (Å²) < 4.78 is 4.45. The highest BCUT2D eigenvalue weighted by atomic mass is 35.5. The third-order valence-corrected chi connectivity index (χ3v) is 2.15. The Balaban J connectivity index is 3.01. The van der Waals surface area contributed by atoms with Crippen LogP contribution in [-0.2, 0) is 9.53 Å². The second-order valence-electron chi connectivity index (χ2n) is 3.08. The minimum Gasteiger partial charge on any atom is -0.510 e. The normalized spacial score (nSPS) is 12.4. The number of benzene rings is 1. The first kappa shape index (κ1) is 13.2. The molecule has 5 nitrogen and oxygen atoms in total. The molecular formula is C11H11ClN2O3. The highest BCUT2D eigenvalue weighted by Crippen LogP contribution is 2.24. The summed E-state index contributed by atoms with van der Waals surface area (Å²) in [5, 5.41) is 17.0. The molecule has 0 spiro atoms. The van der Waals surface area contributed by atoms with Crippen LogP contribution in [0.25, 0.3) is 0 Å². The standard InChI is InChI=1S/C11H11ClN2O3/c1-7(15)10(11(16)17-2)14-13-9-6-4-3-5-8(9)12/h3-6,15H,1-2H3/b10-7+,14-13?. The van der Waals surface area contributed by atoms with Gasteiger partial charge < -0.3 is 9.84 Å². The van der Waals surface area contributed by atoms with Crippen molar-refractivity contribution < 1.29 is 14.6 Å². The average Bonchev–Trinajstić information content (AvgIpc) is 2.30. The van der Waals surface area contributed by atoms with Crippen LogP contribution in [-0.4, -0.2) is 18.2 Å². The van der Waals surface area contributed by atoms with Crippen LogP contribution < -0.4 is 0 Å². The Morgan fingerprint density at radius 2 is 2.06 bits per heavy atom. The highest BCUT2D eigenvalue weighted by Gasteiger charge is 2.12. The van der Waals surface area contributed by atoms with Crippen LogP contribution in [0.5, 0.6) is 0 Å². The average molecular weight is 255 g/mol. The largest absolute Gasteiger partial charge is 0.510 e. The number of carbonyl (C=O) groups excluding carboxylic acids is 1. The fourth-order valence-electron chi connectivity index (χ4n) is 0.994. The summed E-state index contributed by atoms with van der Waals surface area (Å²) in [6, 6.07) is 6.75. The summed E-state index contributed by atoms with van der Waals surface area (Å²) >= 11 is 5.85. The van der Waals surface area contributed by atoms with Crippen molar-refractivity contribution in [2.24, 2.45) is 10.2 Å². The number of hydrogen-bond donors (Lipinski definition) is 1. The Hall–Kier alpha value is -1.88. The van der Waals surface area contributed by atoms with Gasteiger partial charge in [-0.2, -0.15) is 0 Å². The first-order valence-electron chi connectivity index (χ1n) is 4.70. The van der Waals surface area contributed by atoms with E-state index in [0.717, 1.165) is 0 Å². The molecule has 1 aromatic carbocycles. The maximum absolute atomic E-state index is 11.2. The van der Waals surface area contributed by atoms with E-state index in [-0.39, 0.29) is 11.5 Å². The number of aliphatic hydroxyl groups is 1. The van der Waals surface area contributed by atoms with Crippen molar-refractivity contribution in [2.45, 2.75) is 6.92 Å². The number of nitrogens with zero attached hydrogens (tertiary/aromatic N) is 2. The number of aliphatic hydroxyl groups excluding tert-OH is 1. The number of hydrogen-bond acceptors (Lipinski definition) is 5. The summed E-state index contributed by atoms with van der Waals surface area (Å²) in [5.74, 6) is -1.03. The summed E-state index contributed by atoms with van der Waals surface area (Å²) in [7, 11) is 1.19. The summed E-state index contributed by atoms with van der Waals surface area (Å²) in [6.45, 7) is 1.32. The molecular weight excluding hydrogens is 244 g/mol. The van der Waals surface area contributed by atoms with E-state index in [1.165, 1.54) is 14.0 Å². The van der Waals surface area contributed by atoms with Crippen LogP contribution >= 0.6 is 11.6 Å². The fourth-order valence-corrected chi connectivity index (χ4v) is 1.17. The molecule has 0 fully saturated rings. The van der Waals surface area contributed by atoms with Crippen molar-refractivity contribution in [1.29, 1.82) is 0 Å². The van der Waals surface area contributed by atoms with Crippen LogP contribution in [0.2, 0.25) is 5.02 Å². The van der Waals surface area contributed by atoms with Gasteiger partial charge in [0.1, 0.15) is 11.4 Å². The molecule has 1 rings (SSSR count). The van der Waals surface area contributed by atoms with Gasteiger partial charge in [-0.15, -0.1) is 10.2 Å². The lowest BCUT2D eigenvalue weighted by Crippen LogP contribution is -2.04. The molecule has 17 heavy (non-hydrogen) atoms. The molecule has 0 aromatic heterocycles. The molecule has 0 aliphatic rings. The van der Waals surface area contributed by atoms with Gasteiger partial charge in [0.2, 0.25) is 5.70 Å². The molecule has 6 heteroatoms. The molecule has 0 heterocycles. The number of allylic oxidation sites excluding steroid dienone is 1. The van der Waals surface area contributed by atoms with Crippen molar-refractivity contribution in [3.63, 3.8) is 0 Å². The first-order chi connectivity index (χ1) is 8.06. The molecule has 1 aromatic rings. The van der Waals surface area contributed by atoms with Crippen molar-refractivity contribution in [3.05, 3.63) is 40.7 Å². The van der Waals surface area contributed by atoms with E-state index >= 15 is 0 Å². The predicted octanol–water partition coefficient (Wildman–Crippen LogP) is 3.39. The maximum atomic E-state index is 11.2. The van der Waals surface area contributed by atoms with Gasteiger partial charge in [-0.3, -0.25) is 0 Å². The van der Waals surface area contributed by atoms with Gasteiger partial charge in [0.15, 0.2) is 0 Å². The van der Waals surface area contributed by atoms with E-state index < -0.39 is 5.97 Å². The van der Waals surface area contributed by atoms with E-state index in [9.17, 15) is 9.90 Å². The fraction of sp³-hybridized carbons (Fsp3) is 0.182. The Morgan fingerprint density at radius 3 is 2.59 bits per heavy atom. The molecule has 0 aliphatic carbocycles. The number of carbonyl (C=O) groups is 1. The molecule has 0 saturated carbocycles. The van der Waals surface area contributed by atoms with E-state index in [0.29, 0.717) is 10.7 Å².